The number of rotatable bonds is 7. The molecule has 2 rings (SSSR count). The van der Waals surface area contributed by atoms with Crippen LogP contribution in [0, 0.1) is 5.92 Å². The number of allylic oxidation sites excluding steroid dienone is 2. The molecule has 1 aliphatic carbocycles. The zero-order valence-corrected chi connectivity index (χ0v) is 11.6. The van der Waals surface area contributed by atoms with E-state index in [1.165, 1.54) is 38.5 Å². The largest absolute Gasteiger partial charge is 0.236 e. The molecule has 0 aromatic carbocycles. The number of unbranched alkanes of at least 4 members (excludes halogenated alkanes) is 5. The molecule has 1 saturated heterocycles. The Morgan fingerprint density at radius 1 is 1.11 bits per heavy atom. The minimum absolute atomic E-state index is 0.169. The Kier molecular flexibility index (Phi) is 5.45. The third-order valence-corrected chi connectivity index (χ3v) is 4.11. The molecule has 0 radical (unpaired) electrons. The Labute approximate surface area is 111 Å². The van der Waals surface area contributed by atoms with Crippen molar-refractivity contribution in [3.63, 3.8) is 0 Å². The summed E-state index contributed by atoms with van der Waals surface area (Å²) in [6.45, 7) is 2.98. The van der Waals surface area contributed by atoms with Gasteiger partial charge in [-0.3, -0.25) is 0 Å². The Bertz CT molecular complexity index is 295. The van der Waals surface area contributed by atoms with Crippen LogP contribution in [-0.4, -0.2) is 12.2 Å². The first-order valence-electron chi connectivity index (χ1n) is 7.54. The van der Waals surface area contributed by atoms with E-state index < -0.39 is 0 Å². The van der Waals surface area contributed by atoms with Gasteiger partial charge < -0.3 is 0 Å². The molecule has 0 aromatic rings. The van der Waals surface area contributed by atoms with Crippen LogP contribution < -0.4 is 0 Å². The van der Waals surface area contributed by atoms with Crippen molar-refractivity contribution in [3.05, 3.63) is 24.3 Å². The first kappa shape index (κ1) is 13.8. The quantitative estimate of drug-likeness (QED) is 0.487. The van der Waals surface area contributed by atoms with Crippen molar-refractivity contribution in [1.82, 2.24) is 0 Å². The molecule has 0 N–H and O–H groups in total. The average molecular weight is 250 g/mol. The average Bonchev–Trinajstić information content (AvgIpc) is 2.43. The second-order valence-electron chi connectivity index (χ2n) is 5.52. The van der Waals surface area contributed by atoms with Crippen LogP contribution in [0.15, 0.2) is 24.3 Å². The molecule has 102 valence electrons. The highest BCUT2D eigenvalue weighted by Crippen LogP contribution is 2.38. The molecule has 1 heterocycles. The lowest BCUT2D eigenvalue weighted by Crippen LogP contribution is -2.43. The zero-order chi connectivity index (χ0) is 12.7. The first-order chi connectivity index (χ1) is 8.87. The van der Waals surface area contributed by atoms with E-state index in [0.29, 0.717) is 5.92 Å². The molecule has 0 bridgehead atoms. The van der Waals surface area contributed by atoms with E-state index in [9.17, 15) is 0 Å². The van der Waals surface area contributed by atoms with Gasteiger partial charge in [-0.25, -0.2) is 9.78 Å². The maximum atomic E-state index is 5.66. The summed E-state index contributed by atoms with van der Waals surface area (Å²) in [6.07, 6.45) is 18.9. The smallest absolute Gasteiger partial charge is 0.128 e. The second kappa shape index (κ2) is 7.10. The maximum absolute atomic E-state index is 5.66. The third-order valence-electron chi connectivity index (χ3n) is 4.11. The van der Waals surface area contributed by atoms with Crippen molar-refractivity contribution in [2.24, 2.45) is 5.92 Å². The van der Waals surface area contributed by atoms with Gasteiger partial charge in [-0.15, -0.1) is 0 Å². The van der Waals surface area contributed by atoms with Gasteiger partial charge in [0.25, 0.3) is 0 Å². The fraction of sp³-hybridized carbons (Fsp3) is 0.750. The van der Waals surface area contributed by atoms with Gasteiger partial charge in [0.15, 0.2) is 0 Å². The van der Waals surface area contributed by atoms with Crippen molar-refractivity contribution in [1.29, 1.82) is 0 Å². The highest BCUT2D eigenvalue weighted by Gasteiger charge is 2.40. The Hall–Kier alpha value is -0.600. The van der Waals surface area contributed by atoms with Crippen molar-refractivity contribution in [3.8, 4) is 0 Å². The van der Waals surface area contributed by atoms with Crippen molar-refractivity contribution in [2.75, 3.05) is 6.61 Å². The summed E-state index contributed by atoms with van der Waals surface area (Å²) < 4.78 is 0. The predicted molar refractivity (Wildman–Crippen MR) is 74.1 cm³/mol. The first-order valence-corrected chi connectivity index (χ1v) is 7.54. The van der Waals surface area contributed by atoms with E-state index in [1.807, 2.05) is 0 Å². The van der Waals surface area contributed by atoms with Crippen LogP contribution in [0.4, 0.5) is 0 Å². The van der Waals surface area contributed by atoms with Crippen molar-refractivity contribution >= 4 is 0 Å². The lowest BCUT2D eigenvalue weighted by molar-refractivity contribution is -0.382. The van der Waals surface area contributed by atoms with Crippen LogP contribution in [-0.2, 0) is 9.78 Å². The fourth-order valence-corrected chi connectivity index (χ4v) is 2.95. The molecule has 18 heavy (non-hydrogen) atoms. The second-order valence-corrected chi connectivity index (χ2v) is 5.52. The molecule has 0 amide bonds. The molecule has 0 spiro atoms. The summed E-state index contributed by atoms with van der Waals surface area (Å²) >= 11 is 0. The maximum Gasteiger partial charge on any atom is 0.128 e. The Morgan fingerprint density at radius 2 is 1.94 bits per heavy atom. The van der Waals surface area contributed by atoms with Gasteiger partial charge in [0.2, 0.25) is 0 Å². The van der Waals surface area contributed by atoms with Gasteiger partial charge in [-0.1, -0.05) is 63.7 Å². The monoisotopic (exact) mass is 250 g/mol. The molecule has 2 nitrogen and oxygen atoms in total. The van der Waals surface area contributed by atoms with Crippen LogP contribution in [0.2, 0.25) is 0 Å². The number of fused-ring (bicyclic) bond motifs is 1. The third kappa shape index (κ3) is 3.46. The Morgan fingerprint density at radius 3 is 2.83 bits per heavy atom. The van der Waals surface area contributed by atoms with Gasteiger partial charge in [-0.05, 0) is 18.9 Å². The van der Waals surface area contributed by atoms with Crippen LogP contribution >= 0.6 is 0 Å². The lowest BCUT2D eigenvalue weighted by atomic mass is 9.78. The van der Waals surface area contributed by atoms with E-state index in [0.717, 1.165) is 19.4 Å². The van der Waals surface area contributed by atoms with E-state index in [4.69, 9.17) is 9.78 Å². The molecule has 2 atom stereocenters. The van der Waals surface area contributed by atoms with Gasteiger partial charge in [0, 0.05) is 5.92 Å². The SMILES string of the molecule is CCCCCCCCC12C=CC=CC1CCOO2. The zero-order valence-electron chi connectivity index (χ0n) is 11.6. The molecule has 2 heteroatoms. The molecule has 2 aliphatic rings. The van der Waals surface area contributed by atoms with E-state index >= 15 is 0 Å². The van der Waals surface area contributed by atoms with Crippen LogP contribution in [0.25, 0.3) is 0 Å². The molecule has 2 unspecified atom stereocenters. The molecule has 1 fully saturated rings. The summed E-state index contributed by atoms with van der Waals surface area (Å²) in [5.74, 6) is 0.506. The summed E-state index contributed by atoms with van der Waals surface area (Å²) in [5, 5.41) is 0. The van der Waals surface area contributed by atoms with Gasteiger partial charge in [0.1, 0.15) is 5.60 Å². The molecule has 0 aromatic heterocycles. The highest BCUT2D eigenvalue weighted by molar-refractivity contribution is 5.22. The number of hydrogen-bond acceptors (Lipinski definition) is 2. The molecular formula is C16H26O2. The predicted octanol–water partition coefficient (Wildman–Crippen LogP) is 4.57. The summed E-state index contributed by atoms with van der Waals surface area (Å²) in [5.41, 5.74) is -0.169. The lowest BCUT2D eigenvalue weighted by Gasteiger charge is -2.40. The minimum Gasteiger partial charge on any atom is -0.236 e. The minimum atomic E-state index is -0.169. The van der Waals surface area contributed by atoms with Gasteiger partial charge in [0.05, 0.1) is 6.61 Å². The van der Waals surface area contributed by atoms with Crippen molar-refractivity contribution in [2.45, 2.75) is 63.9 Å². The van der Waals surface area contributed by atoms with Gasteiger partial charge >= 0.3 is 0 Å². The molecule has 1 aliphatic heterocycles. The standard InChI is InChI=1S/C16H26O2/c1-2-3-4-5-6-8-12-16-13-9-7-10-15(16)11-14-17-18-16/h7,9-10,13,15H,2-6,8,11-12,14H2,1H3. The fourth-order valence-electron chi connectivity index (χ4n) is 2.95. The van der Waals surface area contributed by atoms with Gasteiger partial charge in [-0.2, -0.15) is 0 Å². The normalized spacial score (nSPS) is 30.4. The van der Waals surface area contributed by atoms with E-state index in [-0.39, 0.29) is 5.60 Å². The Balaban J connectivity index is 1.75. The van der Waals surface area contributed by atoms with Crippen LogP contribution in [0.5, 0.6) is 0 Å². The molecule has 0 saturated carbocycles. The topological polar surface area (TPSA) is 18.5 Å². The summed E-state index contributed by atoms with van der Waals surface area (Å²) in [6, 6.07) is 0. The summed E-state index contributed by atoms with van der Waals surface area (Å²) in [4.78, 5) is 10.9. The van der Waals surface area contributed by atoms with E-state index in [2.05, 4.69) is 31.2 Å². The van der Waals surface area contributed by atoms with E-state index in [1.54, 1.807) is 0 Å². The highest BCUT2D eigenvalue weighted by atomic mass is 17.2. The summed E-state index contributed by atoms with van der Waals surface area (Å²) in [7, 11) is 0. The van der Waals surface area contributed by atoms with Crippen LogP contribution in [0.3, 0.4) is 0 Å². The molecular weight excluding hydrogens is 224 g/mol. The number of hydrogen-bond donors (Lipinski definition) is 0. The van der Waals surface area contributed by atoms with Crippen LogP contribution in [0.1, 0.15) is 58.3 Å². The van der Waals surface area contributed by atoms with Crippen molar-refractivity contribution < 1.29 is 9.78 Å².